The van der Waals surface area contributed by atoms with Gasteiger partial charge in [-0.25, -0.2) is 0 Å². The number of halogens is 1. The summed E-state index contributed by atoms with van der Waals surface area (Å²) >= 11 is 7.63. The van der Waals surface area contributed by atoms with Crippen LogP contribution in [0.25, 0.3) is 0 Å². The Hall–Kier alpha value is -0.210. The lowest BCUT2D eigenvalue weighted by Gasteiger charge is -2.08. The van der Waals surface area contributed by atoms with Gasteiger partial charge in [0.1, 0.15) is 5.00 Å². The van der Waals surface area contributed by atoms with Gasteiger partial charge in [0.2, 0.25) is 0 Å². The summed E-state index contributed by atoms with van der Waals surface area (Å²) in [5.41, 5.74) is 0. The molecule has 0 aromatic carbocycles. The van der Waals surface area contributed by atoms with Gasteiger partial charge < -0.3 is 4.90 Å². The fraction of sp³-hybridized carbons (Fsp3) is 0.429. The van der Waals surface area contributed by atoms with Crippen LogP contribution in [0.3, 0.4) is 0 Å². The summed E-state index contributed by atoms with van der Waals surface area (Å²) < 4.78 is 0. The SMILES string of the molecule is Cc1cc(Cl)c(N(C)C)s1. The standard InChI is InChI=1S/C7H10ClNS/c1-5-4-6(8)7(10-5)9(2)3/h4H,1-3H3. The van der Waals surface area contributed by atoms with Gasteiger partial charge in [-0.15, -0.1) is 11.3 Å². The van der Waals surface area contributed by atoms with Crippen molar-refractivity contribution in [2.24, 2.45) is 0 Å². The first-order chi connectivity index (χ1) is 4.61. The number of nitrogens with zero attached hydrogens (tertiary/aromatic N) is 1. The third kappa shape index (κ3) is 1.44. The zero-order valence-corrected chi connectivity index (χ0v) is 7.88. The van der Waals surface area contributed by atoms with Crippen molar-refractivity contribution in [3.05, 3.63) is 16.0 Å². The van der Waals surface area contributed by atoms with Gasteiger partial charge in [-0.3, -0.25) is 0 Å². The highest BCUT2D eigenvalue weighted by molar-refractivity contribution is 7.16. The van der Waals surface area contributed by atoms with E-state index < -0.39 is 0 Å². The van der Waals surface area contributed by atoms with Gasteiger partial charge in [0.05, 0.1) is 5.02 Å². The zero-order valence-electron chi connectivity index (χ0n) is 6.31. The Kier molecular flexibility index (Phi) is 2.21. The van der Waals surface area contributed by atoms with E-state index in [0.717, 1.165) is 10.0 Å². The molecule has 0 spiro atoms. The number of hydrogen-bond donors (Lipinski definition) is 0. The molecule has 0 aliphatic heterocycles. The first kappa shape index (κ1) is 7.89. The van der Waals surface area contributed by atoms with Crippen molar-refractivity contribution in [1.82, 2.24) is 0 Å². The molecule has 0 atom stereocenters. The Morgan fingerprint density at radius 2 is 2.10 bits per heavy atom. The van der Waals surface area contributed by atoms with E-state index in [1.807, 2.05) is 25.1 Å². The van der Waals surface area contributed by atoms with Crippen molar-refractivity contribution >= 4 is 27.9 Å². The quantitative estimate of drug-likeness (QED) is 0.635. The second-order valence-corrected chi connectivity index (χ2v) is 4.05. The first-order valence-electron chi connectivity index (χ1n) is 3.04. The molecule has 0 unspecified atom stereocenters. The van der Waals surface area contributed by atoms with Crippen LogP contribution in [-0.2, 0) is 0 Å². The molecule has 10 heavy (non-hydrogen) atoms. The molecule has 0 N–H and O–H groups in total. The van der Waals surface area contributed by atoms with Crippen LogP contribution >= 0.6 is 22.9 Å². The van der Waals surface area contributed by atoms with Crippen molar-refractivity contribution < 1.29 is 0 Å². The van der Waals surface area contributed by atoms with Crippen molar-refractivity contribution in [3.8, 4) is 0 Å². The molecule has 0 amide bonds. The smallest absolute Gasteiger partial charge is 0.110 e. The van der Waals surface area contributed by atoms with Crippen LogP contribution in [0.4, 0.5) is 5.00 Å². The Morgan fingerprint density at radius 1 is 1.50 bits per heavy atom. The molecule has 0 fully saturated rings. The first-order valence-corrected chi connectivity index (χ1v) is 4.24. The van der Waals surface area contributed by atoms with Crippen molar-refractivity contribution in [1.29, 1.82) is 0 Å². The van der Waals surface area contributed by atoms with E-state index in [9.17, 15) is 0 Å². The van der Waals surface area contributed by atoms with Gasteiger partial charge in [0.25, 0.3) is 0 Å². The van der Waals surface area contributed by atoms with E-state index in [4.69, 9.17) is 11.6 Å². The monoisotopic (exact) mass is 175 g/mol. The topological polar surface area (TPSA) is 3.24 Å². The van der Waals surface area contributed by atoms with Crippen molar-refractivity contribution in [2.45, 2.75) is 6.92 Å². The molecule has 3 heteroatoms. The summed E-state index contributed by atoms with van der Waals surface area (Å²) in [5.74, 6) is 0. The molecule has 0 saturated heterocycles. The lowest BCUT2D eigenvalue weighted by molar-refractivity contribution is 1.16. The Labute approximate surface area is 70.2 Å². The minimum absolute atomic E-state index is 0.854. The average molecular weight is 176 g/mol. The zero-order chi connectivity index (χ0) is 7.72. The highest BCUT2D eigenvalue weighted by atomic mass is 35.5. The molecule has 0 radical (unpaired) electrons. The van der Waals surface area contributed by atoms with Crippen molar-refractivity contribution in [3.63, 3.8) is 0 Å². The largest absolute Gasteiger partial charge is 0.368 e. The van der Waals surface area contributed by atoms with Crippen LogP contribution in [0.1, 0.15) is 4.88 Å². The summed E-state index contributed by atoms with van der Waals surface area (Å²) in [4.78, 5) is 3.29. The summed E-state index contributed by atoms with van der Waals surface area (Å²) in [6.07, 6.45) is 0. The number of thiophene rings is 1. The Balaban J connectivity index is 3.03. The molecule has 0 bridgehead atoms. The van der Waals surface area contributed by atoms with Crippen molar-refractivity contribution in [2.75, 3.05) is 19.0 Å². The third-order valence-electron chi connectivity index (χ3n) is 1.20. The molecule has 0 aliphatic carbocycles. The van der Waals surface area contributed by atoms with Crippen LogP contribution in [-0.4, -0.2) is 14.1 Å². The molecule has 1 aromatic rings. The van der Waals surface area contributed by atoms with Gasteiger partial charge in [-0.05, 0) is 13.0 Å². The van der Waals surface area contributed by atoms with E-state index in [1.165, 1.54) is 4.88 Å². The molecular formula is C7H10ClNS. The molecule has 0 saturated carbocycles. The molecule has 1 aromatic heterocycles. The van der Waals surface area contributed by atoms with Gasteiger partial charge >= 0.3 is 0 Å². The van der Waals surface area contributed by atoms with E-state index >= 15 is 0 Å². The molecule has 1 rings (SSSR count). The lowest BCUT2D eigenvalue weighted by atomic mass is 10.5. The highest BCUT2D eigenvalue weighted by Crippen LogP contribution is 2.33. The van der Waals surface area contributed by atoms with Gasteiger partial charge in [0.15, 0.2) is 0 Å². The molecular weight excluding hydrogens is 166 g/mol. The fourth-order valence-electron chi connectivity index (χ4n) is 0.776. The normalized spacial score (nSPS) is 10.0. The second-order valence-electron chi connectivity index (χ2n) is 2.40. The van der Waals surface area contributed by atoms with E-state index in [1.54, 1.807) is 11.3 Å². The van der Waals surface area contributed by atoms with Gasteiger partial charge in [-0.2, -0.15) is 0 Å². The van der Waals surface area contributed by atoms with Crippen LogP contribution in [0.15, 0.2) is 6.07 Å². The predicted molar refractivity (Wildman–Crippen MR) is 48.4 cm³/mol. The van der Waals surface area contributed by atoms with Gasteiger partial charge in [0, 0.05) is 19.0 Å². The summed E-state index contributed by atoms with van der Waals surface area (Å²) in [6.45, 7) is 2.06. The maximum absolute atomic E-state index is 5.91. The number of aryl methyl sites for hydroxylation is 1. The lowest BCUT2D eigenvalue weighted by Crippen LogP contribution is -2.06. The molecule has 1 heterocycles. The number of anilines is 1. The molecule has 0 aliphatic rings. The molecule has 1 nitrogen and oxygen atoms in total. The van der Waals surface area contributed by atoms with E-state index in [2.05, 4.69) is 6.92 Å². The summed E-state index contributed by atoms with van der Waals surface area (Å²) in [5, 5.41) is 1.99. The Morgan fingerprint density at radius 3 is 2.30 bits per heavy atom. The number of rotatable bonds is 1. The second kappa shape index (κ2) is 2.81. The minimum Gasteiger partial charge on any atom is -0.368 e. The van der Waals surface area contributed by atoms with Crippen LogP contribution in [0, 0.1) is 6.92 Å². The van der Waals surface area contributed by atoms with Gasteiger partial charge in [-0.1, -0.05) is 11.6 Å². The number of hydrogen-bond acceptors (Lipinski definition) is 2. The van der Waals surface area contributed by atoms with Crippen LogP contribution in [0.5, 0.6) is 0 Å². The van der Waals surface area contributed by atoms with Crippen LogP contribution < -0.4 is 4.90 Å². The van der Waals surface area contributed by atoms with Crippen LogP contribution in [0.2, 0.25) is 5.02 Å². The Bertz CT molecular complexity index is 230. The highest BCUT2D eigenvalue weighted by Gasteiger charge is 2.04. The summed E-state index contributed by atoms with van der Waals surface area (Å²) in [6, 6.07) is 1.99. The maximum atomic E-state index is 5.91. The molecule has 56 valence electrons. The van der Waals surface area contributed by atoms with E-state index in [0.29, 0.717) is 0 Å². The third-order valence-corrected chi connectivity index (χ3v) is 2.82. The maximum Gasteiger partial charge on any atom is 0.110 e. The minimum atomic E-state index is 0.854. The summed E-state index contributed by atoms with van der Waals surface area (Å²) in [7, 11) is 3.99. The fourth-order valence-corrected chi connectivity index (χ4v) is 2.11. The predicted octanol–water partition coefficient (Wildman–Crippen LogP) is 2.78. The van der Waals surface area contributed by atoms with E-state index in [-0.39, 0.29) is 0 Å². The average Bonchev–Trinajstić information content (AvgIpc) is 2.10.